The Hall–Kier alpha value is -1.11. The van der Waals surface area contributed by atoms with Crippen LogP contribution in [0.1, 0.15) is 63.1 Å². The van der Waals surface area contributed by atoms with Gasteiger partial charge in [0.25, 0.3) is 0 Å². The Morgan fingerprint density at radius 3 is 2.57 bits per heavy atom. The second-order valence-electron chi connectivity index (χ2n) is 7.83. The molecule has 0 bridgehead atoms. The largest absolute Gasteiger partial charge is 0.299 e. The minimum absolute atomic E-state index is 0.224. The molecule has 1 heteroatoms. The SMILES string of the molecule is Cc1ccc(CC(=O)CC2(C)CCC(C)C(C)C2)c(C)c1. The maximum Gasteiger partial charge on any atom is 0.137 e. The summed E-state index contributed by atoms with van der Waals surface area (Å²) in [4.78, 5) is 12.5. The van der Waals surface area contributed by atoms with Crippen LogP contribution in [0.3, 0.4) is 0 Å². The topological polar surface area (TPSA) is 17.1 Å². The molecule has 0 heterocycles. The summed E-state index contributed by atoms with van der Waals surface area (Å²) < 4.78 is 0. The first kappa shape index (κ1) is 16.3. The van der Waals surface area contributed by atoms with Crippen LogP contribution in [0, 0.1) is 31.1 Å². The molecule has 0 aliphatic heterocycles. The van der Waals surface area contributed by atoms with E-state index in [0.29, 0.717) is 12.2 Å². The Bertz CT molecular complexity index is 517. The molecular formula is C20H30O. The van der Waals surface area contributed by atoms with Gasteiger partial charge >= 0.3 is 0 Å². The number of benzene rings is 1. The molecule has 1 aromatic carbocycles. The molecule has 2 rings (SSSR count). The minimum Gasteiger partial charge on any atom is -0.299 e. The summed E-state index contributed by atoms with van der Waals surface area (Å²) in [5, 5.41) is 0. The van der Waals surface area contributed by atoms with Gasteiger partial charge in [-0.1, -0.05) is 44.5 Å². The van der Waals surface area contributed by atoms with Gasteiger partial charge in [0.05, 0.1) is 0 Å². The molecule has 0 aromatic heterocycles. The summed E-state index contributed by atoms with van der Waals surface area (Å²) in [5.74, 6) is 1.97. The second-order valence-corrected chi connectivity index (χ2v) is 7.83. The smallest absolute Gasteiger partial charge is 0.137 e. The van der Waals surface area contributed by atoms with Crippen LogP contribution in [0.25, 0.3) is 0 Å². The van der Waals surface area contributed by atoms with Crippen LogP contribution in [-0.4, -0.2) is 5.78 Å². The van der Waals surface area contributed by atoms with Crippen LogP contribution in [-0.2, 0) is 11.2 Å². The van der Waals surface area contributed by atoms with E-state index in [1.807, 2.05) is 0 Å². The zero-order chi connectivity index (χ0) is 15.6. The van der Waals surface area contributed by atoms with Gasteiger partial charge in [-0.2, -0.15) is 0 Å². The average molecular weight is 286 g/mol. The van der Waals surface area contributed by atoms with Crippen molar-refractivity contribution < 1.29 is 4.79 Å². The molecule has 1 fully saturated rings. The van der Waals surface area contributed by atoms with Crippen LogP contribution in [0.4, 0.5) is 0 Å². The highest BCUT2D eigenvalue weighted by atomic mass is 16.1. The quantitative estimate of drug-likeness (QED) is 0.737. The predicted octanol–water partition coefficient (Wildman–Crippen LogP) is 5.27. The maximum atomic E-state index is 12.5. The lowest BCUT2D eigenvalue weighted by molar-refractivity contribution is -0.121. The van der Waals surface area contributed by atoms with Crippen molar-refractivity contribution >= 4 is 5.78 Å². The molecular weight excluding hydrogens is 256 g/mol. The molecule has 0 amide bonds. The van der Waals surface area contributed by atoms with Crippen molar-refractivity contribution in [2.45, 2.75) is 66.7 Å². The molecule has 0 radical (unpaired) electrons. The van der Waals surface area contributed by atoms with Crippen LogP contribution >= 0.6 is 0 Å². The summed E-state index contributed by atoms with van der Waals surface area (Å²) in [6.45, 7) is 11.2. The van der Waals surface area contributed by atoms with E-state index in [2.05, 4.69) is 52.8 Å². The molecule has 0 saturated heterocycles. The van der Waals surface area contributed by atoms with Crippen molar-refractivity contribution in [3.8, 4) is 0 Å². The highest BCUT2D eigenvalue weighted by Crippen LogP contribution is 2.44. The molecule has 1 aliphatic rings. The van der Waals surface area contributed by atoms with E-state index >= 15 is 0 Å². The average Bonchev–Trinajstić information content (AvgIpc) is 2.37. The van der Waals surface area contributed by atoms with Gasteiger partial charge in [-0.3, -0.25) is 4.79 Å². The molecule has 3 atom stereocenters. The fourth-order valence-electron chi connectivity index (χ4n) is 3.90. The van der Waals surface area contributed by atoms with Crippen LogP contribution < -0.4 is 0 Å². The number of carbonyl (C=O) groups is 1. The molecule has 21 heavy (non-hydrogen) atoms. The van der Waals surface area contributed by atoms with E-state index in [-0.39, 0.29) is 5.41 Å². The van der Waals surface area contributed by atoms with Crippen molar-refractivity contribution in [1.82, 2.24) is 0 Å². The van der Waals surface area contributed by atoms with Gasteiger partial charge in [0.15, 0.2) is 0 Å². The zero-order valence-electron chi connectivity index (χ0n) is 14.3. The second kappa shape index (κ2) is 6.34. The van der Waals surface area contributed by atoms with Gasteiger partial charge in [0.2, 0.25) is 0 Å². The lowest BCUT2D eigenvalue weighted by Crippen LogP contribution is -2.31. The first-order chi connectivity index (χ1) is 9.79. The Kier molecular flexibility index (Phi) is 4.91. The first-order valence-electron chi connectivity index (χ1n) is 8.37. The summed E-state index contributed by atoms with van der Waals surface area (Å²) in [6, 6.07) is 6.41. The Labute approximate surface area is 130 Å². The summed E-state index contributed by atoms with van der Waals surface area (Å²) in [5.41, 5.74) is 3.94. The van der Waals surface area contributed by atoms with Gasteiger partial charge < -0.3 is 0 Å². The Balaban J connectivity index is 1.98. The normalized spacial score (nSPS) is 29.4. The number of ketones is 1. The Morgan fingerprint density at radius 2 is 1.95 bits per heavy atom. The summed E-state index contributed by atoms with van der Waals surface area (Å²) >= 11 is 0. The maximum absolute atomic E-state index is 12.5. The molecule has 0 spiro atoms. The summed E-state index contributed by atoms with van der Waals surface area (Å²) in [6.07, 6.45) is 5.03. The zero-order valence-corrected chi connectivity index (χ0v) is 14.3. The third-order valence-electron chi connectivity index (χ3n) is 5.50. The van der Waals surface area contributed by atoms with Crippen LogP contribution in [0.2, 0.25) is 0 Å². The number of carbonyl (C=O) groups excluding carboxylic acids is 1. The van der Waals surface area contributed by atoms with E-state index < -0.39 is 0 Å². The minimum atomic E-state index is 0.224. The highest BCUT2D eigenvalue weighted by molar-refractivity contribution is 5.81. The fraction of sp³-hybridized carbons (Fsp3) is 0.650. The molecule has 1 nitrogen and oxygen atoms in total. The van der Waals surface area contributed by atoms with Crippen LogP contribution in [0.5, 0.6) is 0 Å². The molecule has 3 unspecified atom stereocenters. The number of rotatable bonds is 4. The molecule has 1 aromatic rings. The van der Waals surface area contributed by atoms with Gasteiger partial charge in [-0.15, -0.1) is 0 Å². The number of Topliss-reactive ketones (excluding diaryl/α,β-unsaturated/α-hetero) is 1. The van der Waals surface area contributed by atoms with E-state index in [1.165, 1.54) is 36.0 Å². The number of aryl methyl sites for hydroxylation is 2. The van der Waals surface area contributed by atoms with Crippen molar-refractivity contribution in [2.75, 3.05) is 0 Å². The standard InChI is InChI=1S/C20H30O/c1-14-6-7-18(16(3)10-14)11-19(21)13-20(5)9-8-15(2)17(4)12-20/h6-7,10,15,17H,8-9,11-13H2,1-5H3. The fourth-order valence-corrected chi connectivity index (χ4v) is 3.90. The summed E-state index contributed by atoms with van der Waals surface area (Å²) in [7, 11) is 0. The predicted molar refractivity (Wildman–Crippen MR) is 89.5 cm³/mol. The molecule has 0 N–H and O–H groups in total. The van der Waals surface area contributed by atoms with E-state index in [0.717, 1.165) is 18.3 Å². The third kappa shape index (κ3) is 4.18. The molecule has 1 saturated carbocycles. The van der Waals surface area contributed by atoms with E-state index in [4.69, 9.17) is 0 Å². The van der Waals surface area contributed by atoms with Crippen molar-refractivity contribution in [3.05, 3.63) is 34.9 Å². The first-order valence-corrected chi connectivity index (χ1v) is 8.37. The lowest BCUT2D eigenvalue weighted by Gasteiger charge is -2.40. The molecule has 116 valence electrons. The van der Waals surface area contributed by atoms with Gasteiger partial charge in [0, 0.05) is 12.8 Å². The van der Waals surface area contributed by atoms with Crippen molar-refractivity contribution in [2.24, 2.45) is 17.3 Å². The highest BCUT2D eigenvalue weighted by Gasteiger charge is 2.35. The van der Waals surface area contributed by atoms with Crippen molar-refractivity contribution in [3.63, 3.8) is 0 Å². The van der Waals surface area contributed by atoms with Gasteiger partial charge in [-0.05, 0) is 61.5 Å². The van der Waals surface area contributed by atoms with E-state index in [9.17, 15) is 4.79 Å². The van der Waals surface area contributed by atoms with Gasteiger partial charge in [0.1, 0.15) is 5.78 Å². The number of hydrogen-bond acceptors (Lipinski definition) is 1. The monoisotopic (exact) mass is 286 g/mol. The lowest BCUT2D eigenvalue weighted by atomic mass is 9.65. The van der Waals surface area contributed by atoms with Crippen molar-refractivity contribution in [1.29, 1.82) is 0 Å². The third-order valence-corrected chi connectivity index (χ3v) is 5.50. The van der Waals surface area contributed by atoms with E-state index in [1.54, 1.807) is 0 Å². The van der Waals surface area contributed by atoms with Crippen LogP contribution in [0.15, 0.2) is 18.2 Å². The molecule has 1 aliphatic carbocycles. The number of hydrogen-bond donors (Lipinski definition) is 0. The Morgan fingerprint density at radius 1 is 1.24 bits per heavy atom. The van der Waals surface area contributed by atoms with Gasteiger partial charge in [-0.25, -0.2) is 0 Å².